The number of rotatable bonds is 3. The van der Waals surface area contributed by atoms with Gasteiger partial charge in [-0.25, -0.2) is 0 Å². The van der Waals surface area contributed by atoms with Gasteiger partial charge < -0.3 is 0 Å². The summed E-state index contributed by atoms with van der Waals surface area (Å²) < 4.78 is 0. The summed E-state index contributed by atoms with van der Waals surface area (Å²) in [4.78, 5) is 11.9. The Morgan fingerprint density at radius 3 is 2.68 bits per heavy atom. The van der Waals surface area contributed by atoms with Crippen molar-refractivity contribution >= 4 is 5.78 Å². The van der Waals surface area contributed by atoms with Crippen molar-refractivity contribution in [2.75, 3.05) is 0 Å². The fourth-order valence-electron chi connectivity index (χ4n) is 5.38. The summed E-state index contributed by atoms with van der Waals surface area (Å²) in [5.74, 6) is 1.86. The summed E-state index contributed by atoms with van der Waals surface area (Å²) >= 11 is 0. The first-order valence-electron chi connectivity index (χ1n) is 9.23. The first kappa shape index (κ1) is 15.8. The van der Waals surface area contributed by atoms with Crippen LogP contribution in [0.3, 0.4) is 0 Å². The molecule has 0 bridgehead atoms. The molecule has 0 saturated heterocycles. The highest BCUT2D eigenvalue weighted by molar-refractivity contribution is 5.94. The lowest BCUT2D eigenvalue weighted by Gasteiger charge is -2.52. The molecule has 120 valence electrons. The summed E-state index contributed by atoms with van der Waals surface area (Å²) in [7, 11) is 0. The number of carbonyl (C=O) groups excluding carboxylic acids is 1. The minimum atomic E-state index is 0.205. The zero-order chi connectivity index (χ0) is 15.7. The Kier molecular flexibility index (Phi) is 4.43. The van der Waals surface area contributed by atoms with E-state index in [9.17, 15) is 4.79 Å². The molecule has 2 fully saturated rings. The zero-order valence-corrected chi connectivity index (χ0v) is 14.5. The lowest BCUT2D eigenvalue weighted by atomic mass is 9.53. The van der Waals surface area contributed by atoms with Crippen molar-refractivity contribution in [3.8, 4) is 0 Å². The second-order valence-electron chi connectivity index (χ2n) is 7.66. The van der Waals surface area contributed by atoms with Gasteiger partial charge in [-0.15, -0.1) is 0 Å². The largest absolute Gasteiger partial charge is 0.295 e. The van der Waals surface area contributed by atoms with Crippen LogP contribution < -0.4 is 0 Å². The van der Waals surface area contributed by atoms with Gasteiger partial charge in [0.05, 0.1) is 0 Å². The highest BCUT2D eigenvalue weighted by Crippen LogP contribution is 2.55. The molecule has 2 aliphatic carbocycles. The Hall–Kier alpha value is -1.11. The normalized spacial score (nSPS) is 31.6. The molecule has 0 N–H and O–H groups in total. The maximum Gasteiger partial charge on any atom is 0.159 e. The molecule has 3 atom stereocenters. The number of hydrogen-bond donors (Lipinski definition) is 0. The number of ketones is 1. The van der Waals surface area contributed by atoms with Gasteiger partial charge in [0.15, 0.2) is 5.78 Å². The van der Waals surface area contributed by atoms with Crippen LogP contribution in [0.2, 0.25) is 0 Å². The van der Waals surface area contributed by atoms with Crippen molar-refractivity contribution in [1.82, 2.24) is 0 Å². The van der Waals surface area contributed by atoms with E-state index in [-0.39, 0.29) is 5.78 Å². The van der Waals surface area contributed by atoms with Crippen LogP contribution in [-0.2, 0) is 11.8 Å². The molecule has 2 saturated carbocycles. The number of fused-ring (bicyclic) bond motifs is 1. The molecule has 0 amide bonds. The SMILES string of the molecule is CCc1ccc(C(C)=O)cc1[C@@]12CCCCC1[C@@H](C)CCC2. The molecule has 1 unspecified atom stereocenters. The first-order chi connectivity index (χ1) is 10.6. The van der Waals surface area contributed by atoms with E-state index < -0.39 is 0 Å². The predicted octanol–water partition coefficient (Wildman–Crippen LogP) is 5.70. The first-order valence-corrected chi connectivity index (χ1v) is 9.23. The fraction of sp³-hybridized carbons (Fsp3) is 0.667. The van der Waals surface area contributed by atoms with E-state index in [0.29, 0.717) is 5.41 Å². The third kappa shape index (κ3) is 2.53. The number of carbonyl (C=O) groups is 1. The summed E-state index contributed by atoms with van der Waals surface area (Å²) in [6, 6.07) is 6.52. The summed E-state index contributed by atoms with van der Waals surface area (Å²) in [5, 5.41) is 0. The Morgan fingerprint density at radius 2 is 1.95 bits per heavy atom. The molecule has 0 spiro atoms. The quantitative estimate of drug-likeness (QED) is 0.654. The minimum absolute atomic E-state index is 0.205. The van der Waals surface area contributed by atoms with E-state index in [4.69, 9.17) is 0 Å². The average molecular weight is 298 g/mol. The van der Waals surface area contributed by atoms with Crippen LogP contribution in [0.15, 0.2) is 18.2 Å². The molecule has 0 heterocycles. The number of Topliss-reactive ketones (excluding diaryl/α,β-unsaturated/α-hetero) is 1. The van der Waals surface area contributed by atoms with Crippen molar-refractivity contribution in [3.05, 3.63) is 34.9 Å². The zero-order valence-electron chi connectivity index (χ0n) is 14.5. The van der Waals surface area contributed by atoms with E-state index in [1.165, 1.54) is 56.1 Å². The molecular formula is C21H30O. The van der Waals surface area contributed by atoms with Crippen LogP contribution in [0.25, 0.3) is 0 Å². The Morgan fingerprint density at radius 1 is 1.18 bits per heavy atom. The third-order valence-corrected chi connectivity index (χ3v) is 6.50. The van der Waals surface area contributed by atoms with Gasteiger partial charge in [-0.1, -0.05) is 51.7 Å². The van der Waals surface area contributed by atoms with E-state index in [0.717, 1.165) is 23.8 Å². The number of hydrogen-bond acceptors (Lipinski definition) is 1. The minimum Gasteiger partial charge on any atom is -0.295 e. The van der Waals surface area contributed by atoms with Gasteiger partial charge in [0.25, 0.3) is 0 Å². The van der Waals surface area contributed by atoms with Crippen LogP contribution in [-0.4, -0.2) is 5.78 Å². The molecule has 1 aromatic rings. The van der Waals surface area contributed by atoms with E-state index in [1.807, 2.05) is 6.07 Å². The van der Waals surface area contributed by atoms with Gasteiger partial charge in [0.2, 0.25) is 0 Å². The maximum atomic E-state index is 11.9. The Labute approximate surface area is 135 Å². The number of aryl methyl sites for hydroxylation is 1. The maximum absolute atomic E-state index is 11.9. The van der Waals surface area contributed by atoms with Gasteiger partial charge >= 0.3 is 0 Å². The Bertz CT molecular complexity index is 555. The lowest BCUT2D eigenvalue weighted by Crippen LogP contribution is -2.45. The van der Waals surface area contributed by atoms with Gasteiger partial charge in [0.1, 0.15) is 0 Å². The fourth-order valence-corrected chi connectivity index (χ4v) is 5.38. The molecule has 1 heteroatoms. The molecule has 22 heavy (non-hydrogen) atoms. The van der Waals surface area contributed by atoms with Gasteiger partial charge in [-0.3, -0.25) is 4.79 Å². The second-order valence-corrected chi connectivity index (χ2v) is 7.66. The average Bonchev–Trinajstić information content (AvgIpc) is 2.54. The van der Waals surface area contributed by atoms with Gasteiger partial charge in [0, 0.05) is 5.56 Å². The number of benzene rings is 1. The van der Waals surface area contributed by atoms with Crippen molar-refractivity contribution in [1.29, 1.82) is 0 Å². The van der Waals surface area contributed by atoms with Crippen LogP contribution in [0.4, 0.5) is 0 Å². The van der Waals surface area contributed by atoms with Crippen LogP contribution in [0.1, 0.15) is 87.2 Å². The highest BCUT2D eigenvalue weighted by atomic mass is 16.1. The molecular weight excluding hydrogens is 268 g/mol. The molecule has 1 nitrogen and oxygen atoms in total. The van der Waals surface area contributed by atoms with Crippen molar-refractivity contribution in [2.24, 2.45) is 11.8 Å². The van der Waals surface area contributed by atoms with Crippen LogP contribution in [0.5, 0.6) is 0 Å². The summed E-state index contributed by atoms with van der Waals surface area (Å²) in [6.07, 6.45) is 10.6. The van der Waals surface area contributed by atoms with Gasteiger partial charge in [-0.05, 0) is 67.1 Å². The van der Waals surface area contributed by atoms with Gasteiger partial charge in [-0.2, -0.15) is 0 Å². The molecule has 1 aromatic carbocycles. The molecule has 2 aliphatic rings. The van der Waals surface area contributed by atoms with Crippen LogP contribution >= 0.6 is 0 Å². The highest BCUT2D eigenvalue weighted by Gasteiger charge is 2.47. The lowest BCUT2D eigenvalue weighted by molar-refractivity contribution is 0.0744. The van der Waals surface area contributed by atoms with Crippen molar-refractivity contribution in [2.45, 2.75) is 77.6 Å². The van der Waals surface area contributed by atoms with Crippen molar-refractivity contribution in [3.63, 3.8) is 0 Å². The summed E-state index contributed by atoms with van der Waals surface area (Å²) in [5.41, 5.74) is 4.27. The molecule has 0 aliphatic heterocycles. The monoisotopic (exact) mass is 298 g/mol. The van der Waals surface area contributed by atoms with E-state index >= 15 is 0 Å². The van der Waals surface area contributed by atoms with E-state index in [2.05, 4.69) is 26.0 Å². The molecule has 0 aromatic heterocycles. The second kappa shape index (κ2) is 6.18. The Balaban J connectivity index is 2.13. The predicted molar refractivity (Wildman–Crippen MR) is 92.5 cm³/mol. The van der Waals surface area contributed by atoms with E-state index in [1.54, 1.807) is 6.92 Å². The standard InChI is InChI=1S/C21H30O/c1-4-17-10-11-18(16(3)22)14-20(17)21-12-6-5-9-19(21)15(2)8-7-13-21/h10-11,14-15,19H,4-9,12-13H2,1-3H3/t15-,19?,21+/m0/s1. The van der Waals surface area contributed by atoms with Crippen molar-refractivity contribution < 1.29 is 4.79 Å². The molecule has 0 radical (unpaired) electrons. The smallest absolute Gasteiger partial charge is 0.159 e. The summed E-state index contributed by atoms with van der Waals surface area (Å²) in [6.45, 7) is 6.42. The molecule has 3 rings (SSSR count). The third-order valence-electron chi connectivity index (χ3n) is 6.50. The topological polar surface area (TPSA) is 17.1 Å². The van der Waals surface area contributed by atoms with Crippen LogP contribution in [0, 0.1) is 11.8 Å².